The van der Waals surface area contributed by atoms with Gasteiger partial charge in [-0.25, -0.2) is 4.99 Å². The highest BCUT2D eigenvalue weighted by Crippen LogP contribution is 2.21. The first-order chi connectivity index (χ1) is 14.3. The molecule has 7 nitrogen and oxygen atoms in total. The highest BCUT2D eigenvalue weighted by Gasteiger charge is 2.25. The second-order valence-electron chi connectivity index (χ2n) is 7.13. The van der Waals surface area contributed by atoms with Crippen molar-refractivity contribution in [3.05, 3.63) is 78.0 Å². The van der Waals surface area contributed by atoms with E-state index in [2.05, 4.69) is 27.4 Å². The maximum atomic E-state index is 5.99. The highest BCUT2D eigenvalue weighted by molar-refractivity contribution is 14.0. The zero-order valence-corrected chi connectivity index (χ0v) is 19.4. The SMILES string of the molecule is Cn1cc(C2CN(C(=NCc3ccccc3)NCCc3ccco3)CCO2)cn1.I. The molecule has 0 amide bonds. The Morgan fingerprint density at radius 1 is 1.23 bits per heavy atom. The number of furan rings is 1. The standard InChI is InChI=1S/C22H27N5O2.HI/c1-26-16-19(15-25-26)21-17-27(11-13-29-21)22(23-10-9-20-8-5-12-28-20)24-14-18-6-3-2-4-7-18;/h2-8,12,15-16,21H,9-11,13-14,17H2,1H3,(H,23,24);1H. The molecule has 0 saturated carbocycles. The Kier molecular flexibility index (Phi) is 8.32. The molecular formula is C22H28IN5O2. The van der Waals surface area contributed by atoms with Gasteiger partial charge in [-0.2, -0.15) is 5.10 Å². The first-order valence-electron chi connectivity index (χ1n) is 9.97. The Balaban J connectivity index is 0.00000256. The molecule has 0 aliphatic carbocycles. The fourth-order valence-electron chi connectivity index (χ4n) is 3.42. The number of guanidine groups is 1. The molecule has 8 heteroatoms. The molecule has 1 fully saturated rings. The van der Waals surface area contributed by atoms with Gasteiger partial charge in [0.25, 0.3) is 0 Å². The Labute approximate surface area is 194 Å². The topological polar surface area (TPSA) is 67.8 Å². The molecule has 2 aromatic heterocycles. The van der Waals surface area contributed by atoms with E-state index in [4.69, 9.17) is 14.1 Å². The summed E-state index contributed by atoms with van der Waals surface area (Å²) in [6.07, 6.45) is 6.40. The van der Waals surface area contributed by atoms with Gasteiger partial charge >= 0.3 is 0 Å². The van der Waals surface area contributed by atoms with Gasteiger partial charge in [0.05, 0.1) is 32.2 Å². The minimum Gasteiger partial charge on any atom is -0.469 e. The third kappa shape index (κ3) is 6.09. The van der Waals surface area contributed by atoms with E-state index in [1.807, 2.05) is 54.5 Å². The number of aliphatic imine (C=N–C) groups is 1. The van der Waals surface area contributed by atoms with Crippen LogP contribution in [0.25, 0.3) is 0 Å². The monoisotopic (exact) mass is 521 g/mol. The van der Waals surface area contributed by atoms with Crippen LogP contribution in [0, 0.1) is 0 Å². The Morgan fingerprint density at radius 3 is 2.83 bits per heavy atom. The summed E-state index contributed by atoms with van der Waals surface area (Å²) in [5.74, 6) is 1.87. The van der Waals surface area contributed by atoms with Crippen LogP contribution in [0.3, 0.4) is 0 Å². The fourth-order valence-corrected chi connectivity index (χ4v) is 3.42. The second kappa shape index (κ2) is 11.2. The number of aromatic nitrogens is 2. The minimum absolute atomic E-state index is 0. The van der Waals surface area contributed by atoms with Crippen LogP contribution in [0.15, 0.2) is 70.5 Å². The summed E-state index contributed by atoms with van der Waals surface area (Å²) >= 11 is 0. The number of hydrogen-bond donors (Lipinski definition) is 1. The second-order valence-corrected chi connectivity index (χ2v) is 7.13. The van der Waals surface area contributed by atoms with Crippen LogP contribution >= 0.6 is 24.0 Å². The molecule has 1 N–H and O–H groups in total. The number of rotatable bonds is 6. The van der Waals surface area contributed by atoms with Gasteiger partial charge in [0.15, 0.2) is 5.96 Å². The molecule has 3 heterocycles. The molecule has 1 atom stereocenters. The van der Waals surface area contributed by atoms with Crippen LogP contribution in [0.2, 0.25) is 0 Å². The first-order valence-corrected chi connectivity index (χ1v) is 9.97. The van der Waals surface area contributed by atoms with Crippen molar-refractivity contribution in [1.29, 1.82) is 0 Å². The number of ether oxygens (including phenoxy) is 1. The highest BCUT2D eigenvalue weighted by atomic mass is 127. The van der Waals surface area contributed by atoms with Crippen molar-refractivity contribution < 1.29 is 9.15 Å². The molecule has 1 saturated heterocycles. The fraction of sp³-hybridized carbons (Fsp3) is 0.364. The van der Waals surface area contributed by atoms with Crippen molar-refractivity contribution in [2.24, 2.45) is 12.0 Å². The van der Waals surface area contributed by atoms with Crippen LogP contribution < -0.4 is 5.32 Å². The van der Waals surface area contributed by atoms with Gasteiger partial charge < -0.3 is 19.4 Å². The Morgan fingerprint density at radius 2 is 2.10 bits per heavy atom. The van der Waals surface area contributed by atoms with Gasteiger partial charge in [0.1, 0.15) is 11.9 Å². The van der Waals surface area contributed by atoms with Crippen LogP contribution in [0.4, 0.5) is 0 Å². The molecule has 1 aromatic carbocycles. The van der Waals surface area contributed by atoms with Crippen molar-refractivity contribution in [2.45, 2.75) is 19.1 Å². The maximum absolute atomic E-state index is 5.99. The van der Waals surface area contributed by atoms with Gasteiger partial charge in [-0.05, 0) is 17.7 Å². The average molecular weight is 521 g/mol. The van der Waals surface area contributed by atoms with E-state index in [1.54, 1.807) is 6.26 Å². The van der Waals surface area contributed by atoms with Gasteiger partial charge in [0, 0.05) is 38.3 Å². The lowest BCUT2D eigenvalue weighted by molar-refractivity contribution is -0.00807. The predicted octanol–water partition coefficient (Wildman–Crippen LogP) is 3.39. The third-order valence-corrected chi connectivity index (χ3v) is 4.95. The number of aryl methyl sites for hydroxylation is 1. The predicted molar refractivity (Wildman–Crippen MR) is 127 cm³/mol. The van der Waals surface area contributed by atoms with Crippen molar-refractivity contribution in [1.82, 2.24) is 20.0 Å². The smallest absolute Gasteiger partial charge is 0.194 e. The molecule has 0 radical (unpaired) electrons. The van der Waals surface area contributed by atoms with Crippen LogP contribution in [0.1, 0.15) is 23.0 Å². The van der Waals surface area contributed by atoms with E-state index in [0.29, 0.717) is 13.2 Å². The van der Waals surface area contributed by atoms with Gasteiger partial charge in [-0.1, -0.05) is 30.3 Å². The molecule has 0 bridgehead atoms. The van der Waals surface area contributed by atoms with Gasteiger partial charge in [-0.3, -0.25) is 4.68 Å². The summed E-state index contributed by atoms with van der Waals surface area (Å²) in [7, 11) is 1.92. The number of nitrogens with one attached hydrogen (secondary N) is 1. The van der Waals surface area contributed by atoms with Crippen LogP contribution in [-0.2, 0) is 24.8 Å². The van der Waals surface area contributed by atoms with Crippen molar-refractivity contribution in [3.8, 4) is 0 Å². The molecular weight excluding hydrogens is 493 g/mol. The minimum atomic E-state index is -0.00810. The van der Waals surface area contributed by atoms with Crippen molar-refractivity contribution in [2.75, 3.05) is 26.2 Å². The number of halogens is 1. The summed E-state index contributed by atoms with van der Waals surface area (Å²) in [5, 5.41) is 7.79. The molecule has 1 aliphatic rings. The quantitative estimate of drug-likeness (QED) is 0.306. The van der Waals surface area contributed by atoms with Crippen molar-refractivity contribution >= 4 is 29.9 Å². The molecule has 30 heavy (non-hydrogen) atoms. The zero-order chi connectivity index (χ0) is 19.9. The molecule has 1 unspecified atom stereocenters. The third-order valence-electron chi connectivity index (χ3n) is 4.95. The summed E-state index contributed by atoms with van der Waals surface area (Å²) in [6.45, 7) is 3.60. The normalized spacial score (nSPS) is 16.9. The summed E-state index contributed by atoms with van der Waals surface area (Å²) < 4.78 is 13.2. The van der Waals surface area contributed by atoms with E-state index >= 15 is 0 Å². The summed E-state index contributed by atoms with van der Waals surface area (Å²) in [6, 6.07) is 14.2. The van der Waals surface area contributed by atoms with E-state index in [-0.39, 0.29) is 30.1 Å². The van der Waals surface area contributed by atoms with Gasteiger partial charge in [0.2, 0.25) is 0 Å². The lowest BCUT2D eigenvalue weighted by Crippen LogP contribution is -2.48. The van der Waals surface area contributed by atoms with Crippen LogP contribution in [0.5, 0.6) is 0 Å². The number of benzene rings is 1. The van der Waals surface area contributed by atoms with Crippen LogP contribution in [-0.4, -0.2) is 46.9 Å². The van der Waals surface area contributed by atoms with Crippen molar-refractivity contribution in [3.63, 3.8) is 0 Å². The maximum Gasteiger partial charge on any atom is 0.194 e. The lowest BCUT2D eigenvalue weighted by atomic mass is 10.1. The largest absolute Gasteiger partial charge is 0.469 e. The first kappa shape index (κ1) is 22.4. The molecule has 1 aliphatic heterocycles. The number of morpholine rings is 1. The van der Waals surface area contributed by atoms with Gasteiger partial charge in [-0.15, -0.1) is 24.0 Å². The number of nitrogens with zero attached hydrogens (tertiary/aromatic N) is 4. The summed E-state index contributed by atoms with van der Waals surface area (Å²) in [5.41, 5.74) is 2.28. The summed E-state index contributed by atoms with van der Waals surface area (Å²) in [4.78, 5) is 7.16. The average Bonchev–Trinajstić information content (AvgIpc) is 3.43. The lowest BCUT2D eigenvalue weighted by Gasteiger charge is -2.35. The number of hydrogen-bond acceptors (Lipinski definition) is 4. The Bertz CT molecular complexity index is 911. The molecule has 0 spiro atoms. The zero-order valence-electron chi connectivity index (χ0n) is 17.1. The van der Waals surface area contributed by atoms with E-state index < -0.39 is 0 Å². The molecule has 3 aromatic rings. The molecule has 4 rings (SSSR count). The Hall–Kier alpha value is -2.33. The van der Waals surface area contributed by atoms with E-state index in [0.717, 1.165) is 43.3 Å². The van der Waals surface area contributed by atoms with E-state index in [9.17, 15) is 0 Å². The van der Waals surface area contributed by atoms with E-state index in [1.165, 1.54) is 5.56 Å². The molecule has 160 valence electrons.